The highest BCUT2D eigenvalue weighted by Crippen LogP contribution is 2.51. The molecule has 38 heavy (non-hydrogen) atoms. The van der Waals surface area contributed by atoms with E-state index in [9.17, 15) is 9.69 Å². The van der Waals surface area contributed by atoms with Crippen LogP contribution in [0.15, 0.2) is 17.3 Å². The summed E-state index contributed by atoms with van der Waals surface area (Å²) >= 11 is 5.20. The number of fused-ring (bicyclic) bond motifs is 6. The van der Waals surface area contributed by atoms with E-state index in [4.69, 9.17) is 40.4 Å². The molecule has 0 aromatic carbocycles. The molecule has 6 atom stereocenters. The van der Waals surface area contributed by atoms with Gasteiger partial charge in [-0.05, 0) is 11.8 Å². The standard InChI is InChI=1S/C17H19FN10O7P2S/c18-10-8-4-32-36-31-2-1-27-9(22-7-3-20-6-21-13(7)27)5-33-37(30,38)35-12(10)16(34-8)28-14-11(25-26-28)15(29)24-17(19)23-14/h3,6,8,10,12,16,36H,1-2,4-5H2,(H,30,38)(H3,19,23,24,29)/t8-,10-,12-,16-,37?/m1/s1. The minimum Gasteiger partial charge on any atom is -0.369 e. The fraction of sp³-hybridized carbons (Fsp3) is 0.471. The second-order valence-corrected chi connectivity index (χ2v) is 11.7. The Labute approximate surface area is 218 Å². The number of aromatic amines is 1. The number of ether oxygens (including phenoxy) is 1. The number of halogens is 1. The molecule has 0 radical (unpaired) electrons. The van der Waals surface area contributed by atoms with E-state index in [0.29, 0.717) is 23.5 Å². The topological polar surface area (TPSA) is 212 Å². The molecule has 21 heteroatoms. The van der Waals surface area contributed by atoms with Crippen LogP contribution >= 0.6 is 15.8 Å². The van der Waals surface area contributed by atoms with Crippen LogP contribution in [0.3, 0.4) is 0 Å². The lowest BCUT2D eigenvalue weighted by Crippen LogP contribution is -2.32. The van der Waals surface area contributed by atoms with Gasteiger partial charge in [0, 0.05) is 6.54 Å². The predicted molar refractivity (Wildman–Crippen MR) is 131 cm³/mol. The van der Waals surface area contributed by atoms with Crippen molar-refractivity contribution < 1.29 is 32.1 Å². The number of anilines is 1. The molecule has 1 fully saturated rings. The van der Waals surface area contributed by atoms with Crippen molar-refractivity contribution in [3.63, 3.8) is 0 Å². The fourth-order valence-corrected chi connectivity index (χ4v) is 5.91. The Balaban J connectivity index is 1.34. The van der Waals surface area contributed by atoms with Crippen LogP contribution in [0.5, 0.6) is 0 Å². The molecule has 0 saturated carbocycles. The summed E-state index contributed by atoms with van der Waals surface area (Å²) in [5.74, 6) is 0.152. The van der Waals surface area contributed by atoms with Crippen molar-refractivity contribution in [2.45, 2.75) is 37.8 Å². The van der Waals surface area contributed by atoms with Gasteiger partial charge in [-0.1, -0.05) is 5.21 Å². The summed E-state index contributed by atoms with van der Waals surface area (Å²) in [4.78, 5) is 42.1. The molecule has 2 aliphatic heterocycles. The lowest BCUT2D eigenvalue weighted by molar-refractivity contribution is -0.0512. The van der Waals surface area contributed by atoms with Gasteiger partial charge in [-0.25, -0.2) is 19.3 Å². The number of nitrogen functional groups attached to an aromatic ring is 1. The molecule has 2 aliphatic rings. The number of hydrogen-bond donors (Lipinski definition) is 3. The van der Waals surface area contributed by atoms with Gasteiger partial charge in [0.1, 0.15) is 36.5 Å². The molecule has 6 rings (SSSR count). The van der Waals surface area contributed by atoms with Gasteiger partial charge in [-0.3, -0.25) is 14.3 Å². The zero-order valence-electron chi connectivity index (χ0n) is 19.1. The van der Waals surface area contributed by atoms with Crippen LogP contribution in [-0.2, 0) is 47.8 Å². The average molecular weight is 588 g/mol. The van der Waals surface area contributed by atoms with E-state index < -0.39 is 45.9 Å². The number of alkyl halides is 1. The molecule has 1 saturated heterocycles. The molecule has 2 unspecified atom stereocenters. The van der Waals surface area contributed by atoms with E-state index in [-0.39, 0.29) is 36.9 Å². The number of rotatable bonds is 1. The third kappa shape index (κ3) is 4.81. The highest BCUT2D eigenvalue weighted by Gasteiger charge is 2.50. The third-order valence-corrected chi connectivity index (χ3v) is 7.89. The molecule has 4 aromatic rings. The van der Waals surface area contributed by atoms with Crippen LogP contribution in [0.2, 0.25) is 0 Å². The summed E-state index contributed by atoms with van der Waals surface area (Å²) in [5.41, 5.74) is 5.79. The first-order valence-corrected chi connectivity index (χ1v) is 14.4. The SMILES string of the molecule is Nc1nc2c(nnn2[C@@H]2O[C@@H]3COPOCCn4c(nc5cncnc54)COP(O)(=S)O[C@@H]2[C@@H]3F)c(=O)[nH]1. The molecular weight excluding hydrogens is 569 g/mol. The van der Waals surface area contributed by atoms with E-state index in [1.54, 1.807) is 4.57 Å². The highest BCUT2D eigenvalue weighted by atomic mass is 32.5. The lowest BCUT2D eigenvalue weighted by atomic mass is 10.1. The number of nitrogens with two attached hydrogens (primary N) is 1. The molecular formula is C17H19FN10O7P2S. The number of aromatic nitrogens is 9. The molecule has 202 valence electrons. The monoisotopic (exact) mass is 588 g/mol. The van der Waals surface area contributed by atoms with E-state index >= 15 is 4.39 Å². The van der Waals surface area contributed by atoms with Crippen molar-refractivity contribution in [3.8, 4) is 0 Å². The second-order valence-electron chi connectivity index (χ2n) is 8.13. The Morgan fingerprint density at radius 1 is 1.32 bits per heavy atom. The van der Waals surface area contributed by atoms with Crippen molar-refractivity contribution >= 4 is 55.8 Å². The van der Waals surface area contributed by atoms with Gasteiger partial charge in [-0.2, -0.15) is 9.67 Å². The summed E-state index contributed by atoms with van der Waals surface area (Å²) in [6.45, 7) is -4.04. The third-order valence-electron chi connectivity index (χ3n) is 5.74. The summed E-state index contributed by atoms with van der Waals surface area (Å²) < 4.78 is 46.5. The van der Waals surface area contributed by atoms with Crippen LogP contribution in [0.1, 0.15) is 12.1 Å². The first kappa shape index (κ1) is 25.7. The highest BCUT2D eigenvalue weighted by molar-refractivity contribution is 8.07. The van der Waals surface area contributed by atoms with Crippen LogP contribution in [-0.4, -0.2) is 81.0 Å². The van der Waals surface area contributed by atoms with Crippen LogP contribution in [0.4, 0.5) is 10.3 Å². The maximum absolute atomic E-state index is 15.6. The summed E-state index contributed by atoms with van der Waals surface area (Å²) in [5, 5.41) is 7.67. The maximum atomic E-state index is 15.6. The molecule has 4 N–H and O–H groups in total. The number of hydrogen-bond acceptors (Lipinski definition) is 14. The summed E-state index contributed by atoms with van der Waals surface area (Å²) in [6, 6.07) is 0. The second kappa shape index (κ2) is 10.2. The Bertz CT molecular complexity index is 1600. The van der Waals surface area contributed by atoms with Gasteiger partial charge in [0.05, 0.1) is 19.4 Å². The quantitative estimate of drug-likeness (QED) is 0.247. The van der Waals surface area contributed by atoms with E-state index in [1.807, 2.05) is 0 Å². The first-order valence-electron chi connectivity index (χ1n) is 11.0. The van der Waals surface area contributed by atoms with Crippen molar-refractivity contribution in [2.24, 2.45) is 0 Å². The fourth-order valence-electron chi connectivity index (χ4n) is 4.10. The smallest absolute Gasteiger partial charge is 0.325 e. The Morgan fingerprint density at radius 3 is 3.05 bits per heavy atom. The maximum Gasteiger partial charge on any atom is 0.325 e. The number of H-pyrrole nitrogens is 1. The summed E-state index contributed by atoms with van der Waals surface area (Å²) in [7, 11) is -0.430. The molecule has 6 heterocycles. The normalized spacial score (nSPS) is 29.8. The van der Waals surface area contributed by atoms with Gasteiger partial charge < -0.3 is 33.5 Å². The number of nitrogens with one attached hydrogen (secondary N) is 1. The average Bonchev–Trinajstić information content (AvgIpc) is 3.54. The zero-order valence-corrected chi connectivity index (χ0v) is 21.8. The van der Waals surface area contributed by atoms with Crippen molar-refractivity contribution in [2.75, 3.05) is 18.9 Å². The predicted octanol–water partition coefficient (Wildman–Crippen LogP) is -0.154. The zero-order chi connectivity index (χ0) is 26.4. The van der Waals surface area contributed by atoms with Crippen molar-refractivity contribution in [1.29, 1.82) is 0 Å². The van der Waals surface area contributed by atoms with E-state index in [1.165, 1.54) is 12.5 Å². The van der Waals surface area contributed by atoms with Gasteiger partial charge in [0.2, 0.25) is 5.95 Å². The van der Waals surface area contributed by atoms with Gasteiger partial charge in [0.25, 0.3) is 5.56 Å². The minimum absolute atomic E-state index is 0.0831. The molecule has 0 spiro atoms. The Morgan fingerprint density at radius 2 is 2.18 bits per heavy atom. The number of nitrogens with zero attached hydrogens (tertiary/aromatic N) is 8. The minimum atomic E-state index is -4.10. The Hall–Kier alpha value is -2.60. The lowest BCUT2D eigenvalue weighted by Gasteiger charge is -2.24. The summed E-state index contributed by atoms with van der Waals surface area (Å²) in [6.07, 6.45) is -3.01. The number of imidazole rings is 1. The first-order chi connectivity index (χ1) is 18.3. The van der Waals surface area contributed by atoms with Crippen molar-refractivity contribution in [3.05, 3.63) is 28.7 Å². The molecule has 17 nitrogen and oxygen atoms in total. The largest absolute Gasteiger partial charge is 0.369 e. The van der Waals surface area contributed by atoms with E-state index in [0.717, 1.165) is 4.68 Å². The molecule has 4 aromatic heterocycles. The van der Waals surface area contributed by atoms with Crippen LogP contribution in [0, 0.1) is 0 Å². The van der Waals surface area contributed by atoms with Gasteiger partial charge >= 0.3 is 6.72 Å². The van der Waals surface area contributed by atoms with Crippen LogP contribution in [0.25, 0.3) is 22.3 Å². The molecule has 0 aliphatic carbocycles. The van der Waals surface area contributed by atoms with Gasteiger partial charge in [0.15, 0.2) is 38.2 Å². The van der Waals surface area contributed by atoms with Crippen molar-refractivity contribution in [1.82, 2.24) is 44.5 Å². The Kier molecular flexibility index (Phi) is 6.88. The van der Waals surface area contributed by atoms with Gasteiger partial charge in [-0.15, -0.1) is 5.10 Å². The van der Waals surface area contributed by atoms with E-state index in [2.05, 4.69) is 35.2 Å². The van der Waals surface area contributed by atoms with Crippen LogP contribution < -0.4 is 11.3 Å². The molecule has 2 bridgehead atoms. The molecule has 0 amide bonds.